The molecule has 0 aliphatic heterocycles. The van der Waals surface area contributed by atoms with E-state index in [9.17, 15) is 9.18 Å². The molecule has 0 N–H and O–H groups in total. The molecular formula is C23H23FN4O. The van der Waals surface area contributed by atoms with Gasteiger partial charge in [-0.3, -0.25) is 4.79 Å². The largest absolute Gasteiger partial charge is 0.293 e. The highest BCUT2D eigenvalue weighted by molar-refractivity contribution is 5.82. The number of rotatable bonds is 4. The first-order valence-corrected chi connectivity index (χ1v) is 9.66. The summed E-state index contributed by atoms with van der Waals surface area (Å²) >= 11 is 0. The maximum absolute atomic E-state index is 14.2. The van der Waals surface area contributed by atoms with Crippen molar-refractivity contribution >= 4 is 10.9 Å². The van der Waals surface area contributed by atoms with Crippen molar-refractivity contribution in [3.05, 3.63) is 87.2 Å². The minimum atomic E-state index is -0.352. The van der Waals surface area contributed by atoms with E-state index in [1.165, 1.54) is 16.3 Å². The highest BCUT2D eigenvalue weighted by atomic mass is 19.1. The van der Waals surface area contributed by atoms with Crippen molar-refractivity contribution in [3.8, 4) is 5.69 Å². The summed E-state index contributed by atoms with van der Waals surface area (Å²) in [5.74, 6) is -0.266. The Morgan fingerprint density at radius 3 is 2.52 bits per heavy atom. The van der Waals surface area contributed by atoms with Crippen LogP contribution in [-0.4, -0.2) is 19.6 Å². The van der Waals surface area contributed by atoms with Crippen molar-refractivity contribution in [2.45, 2.75) is 40.2 Å². The normalized spacial score (nSPS) is 11.5. The average molecular weight is 390 g/mol. The molecule has 6 heteroatoms. The molecule has 2 heterocycles. The molecule has 29 heavy (non-hydrogen) atoms. The fourth-order valence-corrected chi connectivity index (χ4v) is 3.47. The van der Waals surface area contributed by atoms with E-state index in [-0.39, 0.29) is 23.8 Å². The summed E-state index contributed by atoms with van der Waals surface area (Å²) in [4.78, 5) is 13.3. The van der Waals surface area contributed by atoms with Crippen LogP contribution in [0, 0.1) is 19.7 Å². The highest BCUT2D eigenvalue weighted by Crippen LogP contribution is 2.24. The fraction of sp³-hybridized carbons (Fsp3) is 0.261. The molecule has 0 saturated heterocycles. The van der Waals surface area contributed by atoms with Crippen LogP contribution in [0.15, 0.2) is 53.5 Å². The maximum atomic E-state index is 14.2. The van der Waals surface area contributed by atoms with E-state index in [4.69, 9.17) is 0 Å². The zero-order valence-corrected chi connectivity index (χ0v) is 17.0. The third-order valence-electron chi connectivity index (χ3n) is 5.27. The topological polar surface area (TPSA) is 52.7 Å². The van der Waals surface area contributed by atoms with Gasteiger partial charge in [-0.15, -0.1) is 0 Å². The summed E-state index contributed by atoms with van der Waals surface area (Å²) in [7, 11) is 0. The third-order valence-corrected chi connectivity index (χ3v) is 5.27. The lowest BCUT2D eigenvalue weighted by Gasteiger charge is -2.13. The van der Waals surface area contributed by atoms with Crippen LogP contribution in [0.4, 0.5) is 4.39 Å². The van der Waals surface area contributed by atoms with Gasteiger partial charge in [0.25, 0.3) is 5.56 Å². The van der Waals surface area contributed by atoms with Crippen molar-refractivity contribution in [2.24, 2.45) is 0 Å². The van der Waals surface area contributed by atoms with Crippen LogP contribution in [0.2, 0.25) is 0 Å². The second kappa shape index (κ2) is 7.28. The van der Waals surface area contributed by atoms with Gasteiger partial charge in [0.1, 0.15) is 11.3 Å². The maximum Gasteiger partial charge on any atom is 0.293 e. The van der Waals surface area contributed by atoms with Crippen LogP contribution >= 0.6 is 0 Å². The zero-order valence-electron chi connectivity index (χ0n) is 17.0. The Balaban J connectivity index is 1.96. The van der Waals surface area contributed by atoms with Gasteiger partial charge in [0.05, 0.1) is 24.1 Å². The molecule has 0 aliphatic carbocycles. The van der Waals surface area contributed by atoms with Crippen LogP contribution in [0.3, 0.4) is 0 Å². The molecule has 0 saturated carbocycles. The predicted molar refractivity (Wildman–Crippen MR) is 112 cm³/mol. The summed E-state index contributed by atoms with van der Waals surface area (Å²) < 4.78 is 17.2. The van der Waals surface area contributed by atoms with E-state index in [2.05, 4.69) is 10.2 Å². The highest BCUT2D eigenvalue weighted by Gasteiger charge is 2.19. The van der Waals surface area contributed by atoms with E-state index in [1.54, 1.807) is 29.1 Å². The van der Waals surface area contributed by atoms with Gasteiger partial charge in [-0.25, -0.2) is 13.8 Å². The van der Waals surface area contributed by atoms with Gasteiger partial charge in [-0.2, -0.15) is 10.2 Å². The summed E-state index contributed by atoms with van der Waals surface area (Å²) in [6, 6.07) is 12.4. The van der Waals surface area contributed by atoms with Crippen LogP contribution < -0.4 is 5.56 Å². The Morgan fingerprint density at radius 2 is 1.83 bits per heavy atom. The first-order valence-electron chi connectivity index (χ1n) is 9.66. The molecule has 4 aromatic rings. The molecule has 0 radical (unpaired) electrons. The predicted octanol–water partition coefficient (Wildman–Crippen LogP) is 4.51. The van der Waals surface area contributed by atoms with Crippen molar-refractivity contribution < 1.29 is 4.39 Å². The quantitative estimate of drug-likeness (QED) is 0.515. The molecule has 0 aliphatic rings. The second-order valence-electron chi connectivity index (χ2n) is 7.68. The Labute approximate surface area is 168 Å². The summed E-state index contributed by atoms with van der Waals surface area (Å²) in [6.45, 7) is 8.18. The van der Waals surface area contributed by atoms with E-state index in [0.717, 1.165) is 22.3 Å². The SMILES string of the molecule is Cc1ccc(-n2ncc3c(C(C)C)nn(Cc4ccccc4F)c(=O)c32)cc1C. The van der Waals surface area contributed by atoms with Crippen LogP contribution in [0.25, 0.3) is 16.6 Å². The standard InChI is InChI=1S/C23H23FN4O/c1-14(2)21-19-12-25-28(18-10-9-15(3)16(4)11-18)22(19)23(29)27(26-21)13-17-7-5-6-8-20(17)24/h5-12,14H,13H2,1-4H3. The number of nitrogens with zero attached hydrogens (tertiary/aromatic N) is 4. The number of benzene rings is 2. The molecule has 148 valence electrons. The Morgan fingerprint density at radius 1 is 1.07 bits per heavy atom. The lowest BCUT2D eigenvalue weighted by molar-refractivity contribution is 0.564. The molecule has 0 unspecified atom stereocenters. The summed E-state index contributed by atoms with van der Waals surface area (Å²) in [6.07, 6.45) is 1.70. The number of fused-ring (bicyclic) bond motifs is 1. The molecule has 0 spiro atoms. The minimum Gasteiger partial charge on any atom is -0.265 e. The van der Waals surface area contributed by atoms with Crippen LogP contribution in [0.1, 0.15) is 42.1 Å². The second-order valence-corrected chi connectivity index (χ2v) is 7.68. The molecule has 2 aromatic carbocycles. The fourth-order valence-electron chi connectivity index (χ4n) is 3.47. The number of hydrogen-bond acceptors (Lipinski definition) is 3. The van der Waals surface area contributed by atoms with E-state index < -0.39 is 0 Å². The van der Waals surface area contributed by atoms with Gasteiger partial charge in [0, 0.05) is 10.9 Å². The van der Waals surface area contributed by atoms with E-state index >= 15 is 0 Å². The lowest BCUT2D eigenvalue weighted by Crippen LogP contribution is -2.27. The number of aromatic nitrogens is 4. The van der Waals surface area contributed by atoms with Crippen molar-refractivity contribution in [1.82, 2.24) is 19.6 Å². The number of aryl methyl sites for hydroxylation is 2. The Bertz CT molecular complexity index is 1270. The molecular weight excluding hydrogens is 367 g/mol. The number of hydrogen-bond donors (Lipinski definition) is 0. The van der Waals surface area contributed by atoms with E-state index in [1.807, 2.05) is 45.9 Å². The smallest absolute Gasteiger partial charge is 0.265 e. The molecule has 0 bridgehead atoms. The lowest BCUT2D eigenvalue weighted by atomic mass is 10.1. The molecule has 0 amide bonds. The van der Waals surface area contributed by atoms with E-state index in [0.29, 0.717) is 11.1 Å². The molecule has 0 atom stereocenters. The van der Waals surface area contributed by atoms with Crippen LogP contribution in [-0.2, 0) is 6.54 Å². The number of halogens is 1. The van der Waals surface area contributed by atoms with Gasteiger partial charge in [-0.05, 0) is 49.1 Å². The minimum absolute atomic E-state index is 0.0687. The summed E-state index contributed by atoms with van der Waals surface area (Å²) in [5, 5.41) is 9.78. The Kier molecular flexibility index (Phi) is 4.78. The average Bonchev–Trinajstić information content (AvgIpc) is 3.13. The molecule has 0 fully saturated rings. The molecule has 5 nitrogen and oxygen atoms in total. The van der Waals surface area contributed by atoms with Crippen LogP contribution in [0.5, 0.6) is 0 Å². The summed E-state index contributed by atoms with van der Waals surface area (Å²) in [5.41, 5.74) is 4.48. The monoisotopic (exact) mass is 390 g/mol. The third kappa shape index (κ3) is 3.35. The zero-order chi connectivity index (χ0) is 20.7. The van der Waals surface area contributed by atoms with Gasteiger partial charge in [-0.1, -0.05) is 38.1 Å². The van der Waals surface area contributed by atoms with Crippen molar-refractivity contribution in [2.75, 3.05) is 0 Å². The van der Waals surface area contributed by atoms with Gasteiger partial charge in [0.2, 0.25) is 0 Å². The van der Waals surface area contributed by atoms with Gasteiger partial charge < -0.3 is 0 Å². The van der Waals surface area contributed by atoms with Gasteiger partial charge in [0.15, 0.2) is 0 Å². The van der Waals surface area contributed by atoms with Gasteiger partial charge >= 0.3 is 0 Å². The first-order chi connectivity index (χ1) is 13.9. The molecule has 2 aromatic heterocycles. The molecule has 4 rings (SSSR count). The van der Waals surface area contributed by atoms with Crippen molar-refractivity contribution in [3.63, 3.8) is 0 Å². The van der Waals surface area contributed by atoms with Crippen molar-refractivity contribution in [1.29, 1.82) is 0 Å². The Hall–Kier alpha value is -3.28. The first kappa shape index (κ1) is 19.1.